The quantitative estimate of drug-likeness (QED) is 0.191. The Bertz CT molecular complexity index is 1980. The zero-order valence-electron chi connectivity index (χ0n) is 27.3. The van der Waals surface area contributed by atoms with E-state index < -0.39 is 62.9 Å². The molecule has 0 spiro atoms. The number of likely N-dealkylation sites (N-methyl/N-ethyl adjacent to an activating group) is 1. The Kier molecular flexibility index (Phi) is 10.1. The van der Waals surface area contributed by atoms with Gasteiger partial charge < -0.3 is 19.9 Å². The summed E-state index contributed by atoms with van der Waals surface area (Å²) in [6, 6.07) is 12.9. The van der Waals surface area contributed by atoms with Crippen LogP contribution in [0.4, 0.5) is 28.9 Å². The van der Waals surface area contributed by atoms with E-state index in [-0.39, 0.29) is 17.4 Å². The van der Waals surface area contributed by atoms with Gasteiger partial charge in [-0.15, -0.1) is 0 Å². The van der Waals surface area contributed by atoms with Crippen molar-refractivity contribution in [3.05, 3.63) is 83.4 Å². The van der Waals surface area contributed by atoms with Gasteiger partial charge in [-0.3, -0.25) is 13.9 Å². The first kappa shape index (κ1) is 35.8. The van der Waals surface area contributed by atoms with Gasteiger partial charge in [-0.2, -0.15) is 13.2 Å². The second-order valence-electron chi connectivity index (χ2n) is 12.5. The van der Waals surface area contributed by atoms with E-state index in [1.165, 1.54) is 19.2 Å². The number of rotatable bonds is 10. The van der Waals surface area contributed by atoms with Crippen molar-refractivity contribution in [1.29, 1.82) is 0 Å². The first-order chi connectivity index (χ1) is 23.0. The molecule has 0 saturated heterocycles. The number of carbonyl (C=O) groups is 2. The third-order valence-electron chi connectivity index (χ3n) is 9.10. The van der Waals surface area contributed by atoms with Gasteiger partial charge in [0, 0.05) is 20.1 Å². The number of anilines is 2. The monoisotopic (exact) mass is 703 g/mol. The molecule has 0 unspecified atom stereocenters. The van der Waals surface area contributed by atoms with E-state index in [1.807, 2.05) is 30.5 Å². The molecule has 1 amide bonds. The fourth-order valence-electron chi connectivity index (χ4n) is 6.43. The maximum atomic E-state index is 14.5. The number of aryl methyl sites for hydroxylation is 1. The highest BCUT2D eigenvalue weighted by Gasteiger charge is 2.43. The highest BCUT2D eigenvalue weighted by molar-refractivity contribution is 7.92. The van der Waals surface area contributed by atoms with Crippen LogP contribution >= 0.6 is 0 Å². The summed E-state index contributed by atoms with van der Waals surface area (Å²) >= 11 is 0. The maximum absolute atomic E-state index is 14.5. The average molecular weight is 704 g/mol. The smallest absolute Gasteiger partial charge is 0.416 e. The van der Waals surface area contributed by atoms with E-state index in [2.05, 4.69) is 10.3 Å². The molecule has 0 aliphatic heterocycles. The number of nitrogens with one attached hydrogen (secondary N) is 1. The first-order valence-corrected chi connectivity index (χ1v) is 17.0. The summed E-state index contributed by atoms with van der Waals surface area (Å²) in [5, 5.41) is 12.5. The Labute approximate surface area is 281 Å². The Morgan fingerprint density at radius 2 is 1.71 bits per heavy atom. The molecule has 4 aromatic rings. The Hall–Kier alpha value is -4.50. The number of sulfonamides is 1. The van der Waals surface area contributed by atoms with Crippen LogP contribution in [0.25, 0.3) is 11.0 Å². The van der Waals surface area contributed by atoms with Crippen LogP contribution in [0.15, 0.2) is 65.6 Å². The van der Waals surface area contributed by atoms with E-state index in [4.69, 9.17) is 0 Å². The molecule has 1 aliphatic rings. The van der Waals surface area contributed by atoms with E-state index in [1.54, 1.807) is 30.3 Å². The highest BCUT2D eigenvalue weighted by Crippen LogP contribution is 2.43. The van der Waals surface area contributed by atoms with Crippen molar-refractivity contribution in [1.82, 2.24) is 14.5 Å². The highest BCUT2D eigenvalue weighted by atomic mass is 32.2. The van der Waals surface area contributed by atoms with Crippen LogP contribution < -0.4 is 9.62 Å². The lowest BCUT2D eigenvalue weighted by Gasteiger charge is -2.35. The van der Waals surface area contributed by atoms with Gasteiger partial charge in [0.2, 0.25) is 5.91 Å². The van der Waals surface area contributed by atoms with E-state index >= 15 is 0 Å². The fraction of sp³-hybridized carbons (Fsp3) is 0.382. The molecule has 1 aromatic heterocycles. The molecular formula is C34H37F4N5O5S. The van der Waals surface area contributed by atoms with Crippen molar-refractivity contribution >= 4 is 44.3 Å². The third kappa shape index (κ3) is 7.42. The first-order valence-electron chi connectivity index (χ1n) is 15.6. The third-order valence-corrected chi connectivity index (χ3v) is 10.9. The number of hydrogen-bond acceptors (Lipinski definition) is 6. The fourth-order valence-corrected chi connectivity index (χ4v) is 7.64. The summed E-state index contributed by atoms with van der Waals surface area (Å²) in [4.78, 5) is 32.4. The molecule has 49 heavy (non-hydrogen) atoms. The summed E-state index contributed by atoms with van der Waals surface area (Å²) in [6.07, 6.45) is -3.71. The number of imidazole rings is 1. The number of aliphatic carboxylic acids is 1. The lowest BCUT2D eigenvalue weighted by Crippen LogP contribution is -2.40. The topological polar surface area (TPSA) is 125 Å². The Morgan fingerprint density at radius 3 is 2.33 bits per heavy atom. The summed E-state index contributed by atoms with van der Waals surface area (Å²) < 4.78 is 83.8. The van der Waals surface area contributed by atoms with Crippen molar-refractivity contribution < 1.29 is 40.7 Å². The van der Waals surface area contributed by atoms with Crippen LogP contribution in [-0.2, 0) is 32.3 Å². The number of carbonyl (C=O) groups excluding carboxylic acids is 1. The minimum Gasteiger partial charge on any atom is -0.481 e. The molecule has 262 valence electrons. The van der Waals surface area contributed by atoms with E-state index in [9.17, 15) is 40.7 Å². The van der Waals surface area contributed by atoms with E-state index in [0.717, 1.165) is 28.3 Å². The van der Waals surface area contributed by atoms with Crippen molar-refractivity contribution in [2.45, 2.75) is 49.7 Å². The number of carboxylic acid groups (broad SMARTS) is 1. The molecule has 1 heterocycles. The largest absolute Gasteiger partial charge is 0.481 e. The number of hydrogen-bond donors (Lipinski definition) is 2. The molecule has 1 saturated carbocycles. The summed E-state index contributed by atoms with van der Waals surface area (Å²) in [6.45, 7) is 3.35. The van der Waals surface area contributed by atoms with Crippen LogP contribution in [0.3, 0.4) is 0 Å². The lowest BCUT2D eigenvalue weighted by molar-refractivity contribution is -0.148. The van der Waals surface area contributed by atoms with E-state index in [0.29, 0.717) is 42.2 Å². The van der Waals surface area contributed by atoms with Gasteiger partial charge in [-0.1, -0.05) is 18.6 Å². The van der Waals surface area contributed by atoms with Gasteiger partial charge in [0.25, 0.3) is 10.0 Å². The predicted octanol–water partition coefficient (Wildman–Crippen LogP) is 6.11. The number of nitrogens with zero attached hydrogens (tertiary/aromatic N) is 4. The number of amides is 1. The predicted molar refractivity (Wildman–Crippen MR) is 176 cm³/mol. The van der Waals surface area contributed by atoms with Crippen LogP contribution in [0, 0.1) is 24.6 Å². The lowest BCUT2D eigenvalue weighted by atomic mass is 9.69. The minimum absolute atomic E-state index is 0.0559. The summed E-state index contributed by atoms with van der Waals surface area (Å²) in [5.74, 6) is -5.53. The molecule has 15 heteroatoms. The molecule has 1 aliphatic carbocycles. The SMILES string of the molecule is Cc1nc2cc(S(=O)(=O)N(C)c3ccc([C@H]4CCC[C@@H](C(=O)Nc5ccc(C(F)(F)F)cc5F)[C@@H]4C(=O)O)cc3)ccc2n1CCN(C)C. The van der Waals surface area contributed by atoms with Crippen LogP contribution in [-0.4, -0.2) is 67.5 Å². The molecule has 1 fully saturated rings. The van der Waals surface area contributed by atoms with Gasteiger partial charge >= 0.3 is 12.1 Å². The molecule has 0 bridgehead atoms. The van der Waals surface area contributed by atoms with Crippen LogP contribution in [0.5, 0.6) is 0 Å². The number of aromatic nitrogens is 2. The molecule has 0 radical (unpaired) electrons. The molecule has 5 rings (SSSR count). The van der Waals surface area contributed by atoms with Crippen molar-refractivity contribution in [2.75, 3.05) is 37.3 Å². The zero-order chi connectivity index (χ0) is 35.8. The van der Waals surface area contributed by atoms with Crippen molar-refractivity contribution in [3.8, 4) is 0 Å². The standard InChI is InChI=1S/C34H37F4N5O5S/c1-20-39-29-19-24(13-15-30(29)43(20)17-16-41(2)3)49(47,48)42(4)23-11-8-21(9-12-23)25-6-5-7-26(31(25)33(45)46)32(44)40-28-14-10-22(18-27(28)35)34(36,37)38/h8-15,18-19,25-26,31H,5-7,16-17H2,1-4H3,(H,40,44)(H,45,46)/t25-,26-,31-/m1/s1. The molecule has 3 aromatic carbocycles. The van der Waals surface area contributed by atoms with Crippen molar-refractivity contribution in [3.63, 3.8) is 0 Å². The zero-order valence-corrected chi connectivity index (χ0v) is 28.1. The molecular weight excluding hydrogens is 666 g/mol. The van der Waals surface area contributed by atoms with Crippen LogP contribution in [0.1, 0.15) is 42.1 Å². The van der Waals surface area contributed by atoms with Crippen molar-refractivity contribution in [2.24, 2.45) is 11.8 Å². The number of fused-ring (bicyclic) bond motifs is 1. The maximum Gasteiger partial charge on any atom is 0.416 e. The van der Waals surface area contributed by atoms with Gasteiger partial charge in [0.1, 0.15) is 11.6 Å². The van der Waals surface area contributed by atoms with Gasteiger partial charge in [0.05, 0.1) is 44.7 Å². The summed E-state index contributed by atoms with van der Waals surface area (Å²) in [5.41, 5.74) is 0.571. The van der Waals surface area contributed by atoms with Gasteiger partial charge in [-0.05, 0) is 93.9 Å². The van der Waals surface area contributed by atoms with Gasteiger partial charge in [-0.25, -0.2) is 17.8 Å². The summed E-state index contributed by atoms with van der Waals surface area (Å²) in [7, 11) is 1.35. The Balaban J connectivity index is 1.34. The number of benzene rings is 3. The van der Waals surface area contributed by atoms with Crippen LogP contribution in [0.2, 0.25) is 0 Å². The number of carboxylic acids is 1. The normalized spacial score (nSPS) is 18.5. The van der Waals surface area contributed by atoms with Gasteiger partial charge in [0.15, 0.2) is 0 Å². The minimum atomic E-state index is -4.77. The molecule has 2 N–H and O–H groups in total. The average Bonchev–Trinajstić information content (AvgIpc) is 3.37. The molecule has 10 nitrogen and oxygen atoms in total. The Morgan fingerprint density at radius 1 is 1.02 bits per heavy atom. The second kappa shape index (κ2) is 13.8. The molecule has 3 atom stereocenters. The number of alkyl halides is 3. The number of halogens is 4. The second-order valence-corrected chi connectivity index (χ2v) is 14.5.